The van der Waals surface area contributed by atoms with Crippen LogP contribution in [0.2, 0.25) is 0 Å². The lowest BCUT2D eigenvalue weighted by molar-refractivity contribution is 0.290. The molecule has 0 amide bonds. The lowest BCUT2D eigenvalue weighted by atomic mass is 10.0. The summed E-state index contributed by atoms with van der Waals surface area (Å²) in [6, 6.07) is 3.45. The van der Waals surface area contributed by atoms with Gasteiger partial charge in [0.2, 0.25) is 0 Å². The van der Waals surface area contributed by atoms with Crippen LogP contribution in [-0.4, -0.2) is 44.6 Å². The van der Waals surface area contributed by atoms with Crippen LogP contribution in [0.1, 0.15) is 25.5 Å². The molecule has 0 aliphatic rings. The zero-order valence-electron chi connectivity index (χ0n) is 13.5. The Morgan fingerprint density at radius 3 is 2.05 bits per heavy atom. The van der Waals surface area contributed by atoms with E-state index in [2.05, 4.69) is 15.6 Å². The molecule has 4 nitrogen and oxygen atoms in total. The Morgan fingerprint density at radius 2 is 1.64 bits per heavy atom. The molecule has 2 N–H and O–H groups in total. The van der Waals surface area contributed by atoms with Crippen molar-refractivity contribution in [1.82, 2.24) is 15.5 Å². The summed E-state index contributed by atoms with van der Waals surface area (Å²) in [7, 11) is 3.57. The molecule has 1 aromatic rings. The Morgan fingerprint density at radius 1 is 1.14 bits per heavy atom. The molecular weight excluding hydrogens is 401 g/mol. The van der Waals surface area contributed by atoms with E-state index in [0.717, 1.165) is 13.1 Å². The van der Waals surface area contributed by atoms with Gasteiger partial charge in [-0.3, -0.25) is 4.99 Å². The van der Waals surface area contributed by atoms with Gasteiger partial charge in [0.15, 0.2) is 5.96 Å². The van der Waals surface area contributed by atoms with E-state index in [0.29, 0.717) is 5.96 Å². The monoisotopic (exact) mass is 426 g/mol. The van der Waals surface area contributed by atoms with E-state index in [-0.39, 0.29) is 36.1 Å². The van der Waals surface area contributed by atoms with Crippen molar-refractivity contribution in [3.8, 4) is 0 Å². The number of halogens is 3. The molecule has 0 aromatic heterocycles. The van der Waals surface area contributed by atoms with Crippen molar-refractivity contribution in [2.24, 2.45) is 4.99 Å². The minimum atomic E-state index is -0.544. The van der Waals surface area contributed by atoms with E-state index in [1.807, 2.05) is 13.8 Å². The summed E-state index contributed by atoms with van der Waals surface area (Å²) in [4.78, 5) is 6.17. The van der Waals surface area contributed by atoms with Gasteiger partial charge in [0.25, 0.3) is 0 Å². The molecule has 0 heterocycles. The summed E-state index contributed by atoms with van der Waals surface area (Å²) < 4.78 is 27.9. The quantitative estimate of drug-likeness (QED) is 0.418. The number of hydrogen-bond acceptors (Lipinski definition) is 2. The van der Waals surface area contributed by atoms with Gasteiger partial charge in [-0.15, -0.1) is 24.0 Å². The average molecular weight is 426 g/mol. The van der Waals surface area contributed by atoms with Gasteiger partial charge in [0.1, 0.15) is 11.6 Å². The van der Waals surface area contributed by atoms with Gasteiger partial charge in [-0.2, -0.15) is 0 Å². The summed E-state index contributed by atoms with van der Waals surface area (Å²) in [6.45, 7) is 5.65. The van der Waals surface area contributed by atoms with Gasteiger partial charge in [-0.25, -0.2) is 8.78 Å². The van der Waals surface area contributed by atoms with Crippen molar-refractivity contribution in [2.45, 2.75) is 19.9 Å². The third-order valence-corrected chi connectivity index (χ3v) is 3.07. The average Bonchev–Trinajstić information content (AvgIpc) is 2.41. The first-order chi connectivity index (χ1) is 10.0. The highest BCUT2D eigenvalue weighted by Crippen LogP contribution is 2.24. The Balaban J connectivity index is 0.00000441. The van der Waals surface area contributed by atoms with Crippen molar-refractivity contribution in [3.63, 3.8) is 0 Å². The molecule has 0 aliphatic carbocycles. The zero-order chi connectivity index (χ0) is 15.8. The van der Waals surface area contributed by atoms with Gasteiger partial charge >= 0.3 is 0 Å². The first-order valence-electron chi connectivity index (χ1n) is 7.13. The summed E-state index contributed by atoms with van der Waals surface area (Å²) in [6.07, 6.45) is 0. The standard InChI is InChI=1S/C15H24F2N4.HI/c1-5-18-15(19-6-2)20-10-13(21(3)4)14-11(16)8-7-9-12(14)17;/h7-9,13H,5-6,10H2,1-4H3,(H2,18,19,20);1H. The van der Waals surface area contributed by atoms with Crippen molar-refractivity contribution in [2.75, 3.05) is 33.7 Å². The Labute approximate surface area is 148 Å². The molecule has 0 saturated carbocycles. The number of hydrogen-bond donors (Lipinski definition) is 2. The third kappa shape index (κ3) is 6.04. The molecule has 22 heavy (non-hydrogen) atoms. The van der Waals surface area contributed by atoms with E-state index in [1.54, 1.807) is 19.0 Å². The number of likely N-dealkylation sites (N-methyl/N-ethyl adjacent to an activating group) is 1. The van der Waals surface area contributed by atoms with Crippen molar-refractivity contribution in [3.05, 3.63) is 35.4 Å². The molecule has 1 aromatic carbocycles. The molecule has 1 rings (SSSR count). The predicted octanol–water partition coefficient (Wildman–Crippen LogP) is 2.76. The normalized spacial score (nSPS) is 11.6. The molecule has 126 valence electrons. The fourth-order valence-electron chi connectivity index (χ4n) is 2.03. The molecule has 0 radical (unpaired) electrons. The molecule has 1 unspecified atom stereocenters. The van der Waals surface area contributed by atoms with Crippen molar-refractivity contribution >= 4 is 29.9 Å². The van der Waals surface area contributed by atoms with Gasteiger partial charge in [-0.05, 0) is 40.1 Å². The second kappa shape index (κ2) is 10.7. The fourth-order valence-corrected chi connectivity index (χ4v) is 2.03. The Kier molecular flexibility index (Phi) is 10.2. The van der Waals surface area contributed by atoms with Gasteiger partial charge < -0.3 is 15.5 Å². The van der Waals surface area contributed by atoms with E-state index >= 15 is 0 Å². The third-order valence-electron chi connectivity index (χ3n) is 3.07. The number of nitrogens with one attached hydrogen (secondary N) is 2. The highest BCUT2D eigenvalue weighted by Gasteiger charge is 2.21. The van der Waals surface area contributed by atoms with Crippen LogP contribution in [0.3, 0.4) is 0 Å². The minimum absolute atomic E-state index is 0. The number of aliphatic imine (C=N–C) groups is 1. The molecule has 0 spiro atoms. The molecule has 0 saturated heterocycles. The van der Waals surface area contributed by atoms with Crippen LogP contribution >= 0.6 is 24.0 Å². The SMILES string of the molecule is CCNC(=NCC(c1c(F)cccc1F)N(C)C)NCC.I. The zero-order valence-corrected chi connectivity index (χ0v) is 15.8. The number of rotatable bonds is 6. The second-order valence-electron chi connectivity index (χ2n) is 4.86. The van der Waals surface area contributed by atoms with Crippen LogP contribution < -0.4 is 10.6 Å². The largest absolute Gasteiger partial charge is 0.357 e. The predicted molar refractivity (Wildman–Crippen MR) is 97.9 cm³/mol. The van der Waals surface area contributed by atoms with Gasteiger partial charge in [-0.1, -0.05) is 6.07 Å². The Hall–Kier alpha value is -0.960. The van der Waals surface area contributed by atoms with Gasteiger partial charge in [0.05, 0.1) is 12.6 Å². The molecular formula is C15H25F2IN4. The van der Waals surface area contributed by atoms with E-state index in [1.165, 1.54) is 18.2 Å². The first-order valence-corrected chi connectivity index (χ1v) is 7.13. The molecule has 1 atom stereocenters. The van der Waals surface area contributed by atoms with E-state index < -0.39 is 17.7 Å². The van der Waals surface area contributed by atoms with E-state index in [4.69, 9.17) is 0 Å². The number of benzene rings is 1. The van der Waals surface area contributed by atoms with Crippen LogP contribution in [-0.2, 0) is 0 Å². The van der Waals surface area contributed by atoms with Gasteiger partial charge in [0, 0.05) is 18.7 Å². The lowest BCUT2D eigenvalue weighted by Gasteiger charge is -2.24. The molecule has 0 fully saturated rings. The summed E-state index contributed by atoms with van der Waals surface area (Å²) in [5, 5.41) is 6.18. The summed E-state index contributed by atoms with van der Waals surface area (Å²) >= 11 is 0. The summed E-state index contributed by atoms with van der Waals surface area (Å²) in [5.41, 5.74) is 0.0543. The molecule has 0 bridgehead atoms. The van der Waals surface area contributed by atoms with E-state index in [9.17, 15) is 8.78 Å². The van der Waals surface area contributed by atoms with Crippen molar-refractivity contribution < 1.29 is 8.78 Å². The van der Waals surface area contributed by atoms with Crippen LogP contribution in [0.25, 0.3) is 0 Å². The van der Waals surface area contributed by atoms with Crippen LogP contribution in [0.5, 0.6) is 0 Å². The van der Waals surface area contributed by atoms with Crippen LogP contribution in [0, 0.1) is 11.6 Å². The topological polar surface area (TPSA) is 39.7 Å². The van der Waals surface area contributed by atoms with Crippen LogP contribution in [0.15, 0.2) is 23.2 Å². The Bertz CT molecular complexity index is 452. The highest BCUT2D eigenvalue weighted by atomic mass is 127. The van der Waals surface area contributed by atoms with Crippen molar-refractivity contribution in [1.29, 1.82) is 0 Å². The number of guanidine groups is 1. The maximum atomic E-state index is 13.9. The lowest BCUT2D eigenvalue weighted by Crippen LogP contribution is -2.38. The molecule has 0 aliphatic heterocycles. The maximum absolute atomic E-state index is 13.9. The van der Waals surface area contributed by atoms with Crippen LogP contribution in [0.4, 0.5) is 8.78 Å². The highest BCUT2D eigenvalue weighted by molar-refractivity contribution is 14.0. The number of nitrogens with zero attached hydrogens (tertiary/aromatic N) is 2. The second-order valence-corrected chi connectivity index (χ2v) is 4.86. The smallest absolute Gasteiger partial charge is 0.191 e. The first kappa shape index (κ1) is 21.0. The molecule has 7 heteroatoms. The minimum Gasteiger partial charge on any atom is -0.357 e. The summed E-state index contributed by atoms with van der Waals surface area (Å²) in [5.74, 6) is -0.446. The fraction of sp³-hybridized carbons (Fsp3) is 0.533. The maximum Gasteiger partial charge on any atom is 0.191 e.